The molecule has 0 unspecified atom stereocenters. The standard InChI is InChI=1S/C11H10F3NO2/c1-2-10(16)15-7-8-5-3-4-6-9(8)17-11(12,13)14/h2-6H,1,7H2,(H,15,16). The summed E-state index contributed by atoms with van der Waals surface area (Å²) in [6.07, 6.45) is -3.72. The lowest BCUT2D eigenvalue weighted by atomic mass is 10.2. The molecule has 0 radical (unpaired) electrons. The largest absolute Gasteiger partial charge is 0.573 e. The first-order valence-electron chi connectivity index (χ1n) is 4.66. The average molecular weight is 245 g/mol. The summed E-state index contributed by atoms with van der Waals surface area (Å²) in [7, 11) is 0. The second-order valence-corrected chi connectivity index (χ2v) is 3.08. The fourth-order valence-corrected chi connectivity index (χ4v) is 1.13. The van der Waals surface area contributed by atoms with Crippen molar-refractivity contribution in [3.63, 3.8) is 0 Å². The van der Waals surface area contributed by atoms with E-state index >= 15 is 0 Å². The first-order chi connectivity index (χ1) is 7.92. The number of amides is 1. The monoisotopic (exact) mass is 245 g/mol. The molecule has 1 amide bonds. The minimum absolute atomic E-state index is 0.0584. The van der Waals surface area contributed by atoms with Gasteiger partial charge in [0, 0.05) is 12.1 Å². The molecule has 0 aliphatic rings. The van der Waals surface area contributed by atoms with E-state index in [9.17, 15) is 18.0 Å². The normalized spacial score (nSPS) is 10.8. The van der Waals surface area contributed by atoms with Gasteiger partial charge in [-0.05, 0) is 12.1 Å². The Morgan fingerprint density at radius 1 is 1.41 bits per heavy atom. The highest BCUT2D eigenvalue weighted by atomic mass is 19.4. The van der Waals surface area contributed by atoms with E-state index in [4.69, 9.17) is 0 Å². The zero-order chi connectivity index (χ0) is 12.9. The molecule has 6 heteroatoms. The zero-order valence-electron chi connectivity index (χ0n) is 8.75. The fraction of sp³-hybridized carbons (Fsp3) is 0.182. The summed E-state index contributed by atoms with van der Waals surface area (Å²) in [5, 5.41) is 2.37. The van der Waals surface area contributed by atoms with Gasteiger partial charge in [0.05, 0.1) is 0 Å². The Bertz CT molecular complexity index is 415. The second-order valence-electron chi connectivity index (χ2n) is 3.08. The SMILES string of the molecule is C=CC(=O)NCc1ccccc1OC(F)(F)F. The van der Waals surface area contributed by atoms with Crippen molar-refractivity contribution in [3.8, 4) is 5.75 Å². The van der Waals surface area contributed by atoms with Crippen LogP contribution in [0.15, 0.2) is 36.9 Å². The van der Waals surface area contributed by atoms with Crippen molar-refractivity contribution in [3.05, 3.63) is 42.5 Å². The van der Waals surface area contributed by atoms with Crippen LogP contribution < -0.4 is 10.1 Å². The fourth-order valence-electron chi connectivity index (χ4n) is 1.13. The molecule has 0 spiro atoms. The Kier molecular flexibility index (Phi) is 4.14. The average Bonchev–Trinajstić information content (AvgIpc) is 2.25. The van der Waals surface area contributed by atoms with Gasteiger partial charge in [-0.2, -0.15) is 0 Å². The maximum Gasteiger partial charge on any atom is 0.573 e. The van der Waals surface area contributed by atoms with Crippen molar-refractivity contribution in [2.24, 2.45) is 0 Å². The summed E-state index contributed by atoms with van der Waals surface area (Å²) >= 11 is 0. The molecule has 1 N–H and O–H groups in total. The Balaban J connectivity index is 2.77. The van der Waals surface area contributed by atoms with Crippen molar-refractivity contribution >= 4 is 5.91 Å². The lowest BCUT2D eigenvalue weighted by Gasteiger charge is -2.13. The molecule has 0 heterocycles. The van der Waals surface area contributed by atoms with Gasteiger partial charge in [-0.15, -0.1) is 13.2 Å². The summed E-state index contributed by atoms with van der Waals surface area (Å²) < 4.78 is 40.0. The van der Waals surface area contributed by atoms with Gasteiger partial charge in [-0.25, -0.2) is 0 Å². The first kappa shape index (κ1) is 13.1. The number of para-hydroxylation sites is 1. The summed E-state index contributed by atoms with van der Waals surface area (Å²) in [6, 6.07) is 5.59. The van der Waals surface area contributed by atoms with E-state index in [1.54, 1.807) is 6.07 Å². The predicted molar refractivity (Wildman–Crippen MR) is 55.2 cm³/mol. The molecule has 0 saturated carbocycles. The van der Waals surface area contributed by atoms with Crippen LogP contribution in [0.4, 0.5) is 13.2 Å². The molecule has 0 atom stereocenters. The highest BCUT2D eigenvalue weighted by Gasteiger charge is 2.31. The van der Waals surface area contributed by atoms with E-state index in [0.717, 1.165) is 6.08 Å². The van der Waals surface area contributed by atoms with Crippen LogP contribution in [-0.4, -0.2) is 12.3 Å². The Labute approximate surface area is 95.9 Å². The lowest BCUT2D eigenvalue weighted by molar-refractivity contribution is -0.274. The highest BCUT2D eigenvalue weighted by Crippen LogP contribution is 2.25. The van der Waals surface area contributed by atoms with Crippen molar-refractivity contribution in [1.82, 2.24) is 5.32 Å². The van der Waals surface area contributed by atoms with Crippen LogP contribution in [0.2, 0.25) is 0 Å². The van der Waals surface area contributed by atoms with E-state index in [1.165, 1.54) is 18.2 Å². The van der Waals surface area contributed by atoms with Gasteiger partial charge in [-0.1, -0.05) is 24.8 Å². The number of benzene rings is 1. The second kappa shape index (κ2) is 5.38. The van der Waals surface area contributed by atoms with Crippen LogP contribution >= 0.6 is 0 Å². The molecule has 92 valence electrons. The summed E-state index contributed by atoms with van der Waals surface area (Å²) in [4.78, 5) is 10.9. The van der Waals surface area contributed by atoms with Crippen LogP contribution in [-0.2, 0) is 11.3 Å². The minimum Gasteiger partial charge on any atom is -0.405 e. The number of ether oxygens (including phenoxy) is 1. The molecule has 0 aromatic heterocycles. The van der Waals surface area contributed by atoms with Crippen molar-refractivity contribution in [2.75, 3.05) is 0 Å². The van der Waals surface area contributed by atoms with Gasteiger partial charge >= 0.3 is 6.36 Å². The van der Waals surface area contributed by atoms with Crippen LogP contribution in [0, 0.1) is 0 Å². The Morgan fingerprint density at radius 3 is 2.65 bits per heavy atom. The number of rotatable bonds is 4. The van der Waals surface area contributed by atoms with Gasteiger partial charge in [0.1, 0.15) is 5.75 Å². The third-order valence-electron chi connectivity index (χ3n) is 1.84. The van der Waals surface area contributed by atoms with Crippen LogP contribution in [0.1, 0.15) is 5.56 Å². The number of hydrogen-bond acceptors (Lipinski definition) is 2. The van der Waals surface area contributed by atoms with Gasteiger partial charge in [0.2, 0.25) is 5.91 Å². The molecule has 3 nitrogen and oxygen atoms in total. The van der Waals surface area contributed by atoms with E-state index in [2.05, 4.69) is 16.6 Å². The van der Waals surface area contributed by atoms with Gasteiger partial charge in [0.15, 0.2) is 0 Å². The van der Waals surface area contributed by atoms with Crippen molar-refractivity contribution in [2.45, 2.75) is 12.9 Å². The van der Waals surface area contributed by atoms with E-state index in [0.29, 0.717) is 0 Å². The number of carbonyl (C=O) groups is 1. The first-order valence-corrected chi connectivity index (χ1v) is 4.66. The molecular weight excluding hydrogens is 235 g/mol. The molecule has 1 rings (SSSR count). The van der Waals surface area contributed by atoms with E-state index in [-0.39, 0.29) is 17.9 Å². The molecule has 0 aliphatic carbocycles. The van der Waals surface area contributed by atoms with Crippen LogP contribution in [0.5, 0.6) is 5.75 Å². The molecule has 0 bridgehead atoms. The van der Waals surface area contributed by atoms with Gasteiger partial charge < -0.3 is 10.1 Å². The molecule has 0 fully saturated rings. The van der Waals surface area contributed by atoms with Gasteiger partial charge in [-0.3, -0.25) is 4.79 Å². The molecular formula is C11H10F3NO2. The number of halogens is 3. The van der Waals surface area contributed by atoms with Crippen molar-refractivity contribution < 1.29 is 22.7 Å². The molecule has 1 aromatic carbocycles. The molecule has 17 heavy (non-hydrogen) atoms. The van der Waals surface area contributed by atoms with Crippen molar-refractivity contribution in [1.29, 1.82) is 0 Å². The van der Waals surface area contributed by atoms with E-state index < -0.39 is 12.3 Å². The van der Waals surface area contributed by atoms with Gasteiger partial charge in [0.25, 0.3) is 0 Å². The maximum atomic E-state index is 12.1. The molecule has 0 aliphatic heterocycles. The lowest BCUT2D eigenvalue weighted by Crippen LogP contribution is -2.22. The van der Waals surface area contributed by atoms with E-state index in [1.807, 2.05) is 0 Å². The van der Waals surface area contributed by atoms with Crippen LogP contribution in [0.25, 0.3) is 0 Å². The quantitative estimate of drug-likeness (QED) is 0.827. The minimum atomic E-state index is -4.75. The summed E-state index contributed by atoms with van der Waals surface area (Å²) in [6.45, 7) is 3.17. The number of hydrogen-bond donors (Lipinski definition) is 1. The topological polar surface area (TPSA) is 38.3 Å². The summed E-state index contributed by atoms with van der Waals surface area (Å²) in [5.74, 6) is -0.795. The number of alkyl halides is 3. The highest BCUT2D eigenvalue weighted by molar-refractivity contribution is 5.86. The Hall–Kier alpha value is -1.98. The third kappa shape index (κ3) is 4.58. The predicted octanol–water partition coefficient (Wildman–Crippen LogP) is 2.39. The molecule has 1 aromatic rings. The summed E-state index contributed by atoms with van der Waals surface area (Å²) in [5.41, 5.74) is 0.236. The zero-order valence-corrected chi connectivity index (χ0v) is 8.75. The maximum absolute atomic E-state index is 12.1. The number of nitrogens with one attached hydrogen (secondary N) is 1. The smallest absolute Gasteiger partial charge is 0.405 e. The van der Waals surface area contributed by atoms with Crippen LogP contribution in [0.3, 0.4) is 0 Å². The Morgan fingerprint density at radius 2 is 2.06 bits per heavy atom. The number of carbonyl (C=O) groups excluding carboxylic acids is 1. The molecule has 0 saturated heterocycles. The third-order valence-corrected chi connectivity index (χ3v) is 1.84.